The summed E-state index contributed by atoms with van der Waals surface area (Å²) in [7, 11) is 3.04. The second-order valence-corrected chi connectivity index (χ2v) is 8.08. The molecule has 0 radical (unpaired) electrons. The SMILES string of the molecule is Cc1ccccc1C(CC(=O)c1ccc(=O)n(C)c1)c1ccc(C(=O)N(C)CC(=O)O)cc1. The Morgan fingerprint density at radius 1 is 0.970 bits per heavy atom. The van der Waals surface area contributed by atoms with Crippen molar-refractivity contribution >= 4 is 17.7 Å². The molecule has 1 atom stereocenters. The molecule has 1 unspecified atom stereocenters. The van der Waals surface area contributed by atoms with Crippen molar-refractivity contribution in [3.63, 3.8) is 0 Å². The lowest BCUT2D eigenvalue weighted by Gasteiger charge is -2.21. The van der Waals surface area contributed by atoms with Crippen LogP contribution in [0.1, 0.15) is 49.7 Å². The number of aryl methyl sites for hydroxylation is 2. The van der Waals surface area contributed by atoms with Gasteiger partial charge < -0.3 is 14.6 Å². The van der Waals surface area contributed by atoms with Crippen LogP contribution in [0.4, 0.5) is 0 Å². The Morgan fingerprint density at radius 2 is 1.61 bits per heavy atom. The number of aliphatic carboxylic acids is 1. The number of nitrogens with zero attached hydrogens (tertiary/aromatic N) is 2. The van der Waals surface area contributed by atoms with Crippen LogP contribution in [0.3, 0.4) is 0 Å². The van der Waals surface area contributed by atoms with Crippen LogP contribution in [0.5, 0.6) is 0 Å². The Bertz CT molecular complexity index is 1240. The lowest BCUT2D eigenvalue weighted by molar-refractivity contribution is -0.137. The first-order valence-corrected chi connectivity index (χ1v) is 10.5. The summed E-state index contributed by atoms with van der Waals surface area (Å²) in [5, 5.41) is 8.91. The minimum Gasteiger partial charge on any atom is -0.480 e. The van der Waals surface area contributed by atoms with Crippen LogP contribution in [-0.4, -0.2) is 45.8 Å². The predicted molar refractivity (Wildman–Crippen MR) is 125 cm³/mol. The van der Waals surface area contributed by atoms with E-state index in [1.807, 2.05) is 31.2 Å². The van der Waals surface area contributed by atoms with Gasteiger partial charge in [-0.15, -0.1) is 0 Å². The molecule has 0 fully saturated rings. The van der Waals surface area contributed by atoms with Gasteiger partial charge in [0.15, 0.2) is 5.78 Å². The van der Waals surface area contributed by atoms with E-state index in [4.69, 9.17) is 5.11 Å². The summed E-state index contributed by atoms with van der Waals surface area (Å²) in [5.74, 6) is -1.83. The number of hydrogen-bond acceptors (Lipinski definition) is 4. The topological polar surface area (TPSA) is 96.7 Å². The monoisotopic (exact) mass is 446 g/mol. The fraction of sp³-hybridized carbons (Fsp3) is 0.231. The number of carboxylic acid groups (broad SMARTS) is 1. The van der Waals surface area contributed by atoms with Crippen LogP contribution in [0.2, 0.25) is 0 Å². The van der Waals surface area contributed by atoms with E-state index in [1.165, 1.54) is 17.7 Å². The third-order valence-corrected chi connectivity index (χ3v) is 5.64. The quantitative estimate of drug-likeness (QED) is 0.536. The lowest BCUT2D eigenvalue weighted by atomic mass is 9.83. The minimum atomic E-state index is -1.08. The van der Waals surface area contributed by atoms with Crippen LogP contribution in [-0.2, 0) is 11.8 Å². The maximum Gasteiger partial charge on any atom is 0.323 e. The average Bonchev–Trinajstić information content (AvgIpc) is 2.79. The van der Waals surface area contributed by atoms with Crippen molar-refractivity contribution in [2.45, 2.75) is 19.3 Å². The van der Waals surface area contributed by atoms with Crippen LogP contribution in [0, 0.1) is 6.92 Å². The molecular formula is C26H26N2O5. The summed E-state index contributed by atoms with van der Waals surface area (Å²) < 4.78 is 1.38. The Morgan fingerprint density at radius 3 is 2.21 bits per heavy atom. The number of likely N-dealkylation sites (N-methyl/N-ethyl adjacent to an activating group) is 1. The molecule has 3 aromatic rings. The first kappa shape index (κ1) is 23.7. The molecule has 1 amide bonds. The molecule has 1 heterocycles. The number of carbonyl (C=O) groups excluding carboxylic acids is 2. The number of benzene rings is 2. The van der Waals surface area contributed by atoms with Gasteiger partial charge in [0.25, 0.3) is 5.91 Å². The van der Waals surface area contributed by atoms with Gasteiger partial charge in [-0.3, -0.25) is 19.2 Å². The van der Waals surface area contributed by atoms with Crippen LogP contribution < -0.4 is 5.56 Å². The van der Waals surface area contributed by atoms with E-state index in [9.17, 15) is 19.2 Å². The molecule has 3 rings (SSSR count). The van der Waals surface area contributed by atoms with E-state index < -0.39 is 11.9 Å². The number of pyridine rings is 1. The van der Waals surface area contributed by atoms with Crippen molar-refractivity contribution in [2.75, 3.05) is 13.6 Å². The van der Waals surface area contributed by atoms with Crippen molar-refractivity contribution in [1.29, 1.82) is 0 Å². The van der Waals surface area contributed by atoms with Crippen LogP contribution in [0.25, 0.3) is 0 Å². The fourth-order valence-corrected chi connectivity index (χ4v) is 3.80. The zero-order valence-corrected chi connectivity index (χ0v) is 18.8. The Hall–Kier alpha value is -4.00. The van der Waals surface area contributed by atoms with Crippen molar-refractivity contribution < 1.29 is 19.5 Å². The van der Waals surface area contributed by atoms with Crippen molar-refractivity contribution in [3.8, 4) is 0 Å². The van der Waals surface area contributed by atoms with Crippen LogP contribution in [0.15, 0.2) is 71.7 Å². The maximum absolute atomic E-state index is 13.1. The highest BCUT2D eigenvalue weighted by Gasteiger charge is 2.22. The number of aromatic nitrogens is 1. The van der Waals surface area contributed by atoms with E-state index in [0.29, 0.717) is 11.1 Å². The van der Waals surface area contributed by atoms with Gasteiger partial charge in [-0.1, -0.05) is 36.4 Å². The summed E-state index contributed by atoms with van der Waals surface area (Å²) in [5.41, 5.74) is 3.54. The van der Waals surface area contributed by atoms with E-state index in [0.717, 1.165) is 21.6 Å². The van der Waals surface area contributed by atoms with E-state index >= 15 is 0 Å². The summed E-state index contributed by atoms with van der Waals surface area (Å²) in [6.45, 7) is 1.60. The zero-order valence-electron chi connectivity index (χ0n) is 18.8. The predicted octanol–water partition coefficient (Wildman–Crippen LogP) is 3.26. The lowest BCUT2D eigenvalue weighted by Crippen LogP contribution is -2.31. The maximum atomic E-state index is 13.1. The molecule has 7 heteroatoms. The van der Waals surface area contributed by atoms with E-state index in [-0.39, 0.29) is 30.2 Å². The van der Waals surface area contributed by atoms with Crippen molar-refractivity contribution in [3.05, 3.63) is 105 Å². The number of Topliss-reactive ketones (excluding diaryl/α,β-unsaturated/α-hetero) is 1. The number of hydrogen-bond donors (Lipinski definition) is 1. The van der Waals surface area contributed by atoms with E-state index in [2.05, 4.69) is 0 Å². The second kappa shape index (κ2) is 10.1. The van der Waals surface area contributed by atoms with Gasteiger partial charge >= 0.3 is 5.97 Å². The van der Waals surface area contributed by atoms with Gasteiger partial charge in [-0.25, -0.2) is 0 Å². The van der Waals surface area contributed by atoms with Crippen molar-refractivity contribution in [1.82, 2.24) is 9.47 Å². The number of rotatable bonds is 8. The average molecular weight is 447 g/mol. The Kier molecular flexibility index (Phi) is 7.23. The highest BCUT2D eigenvalue weighted by molar-refractivity contribution is 5.97. The molecule has 0 aliphatic heterocycles. The molecule has 170 valence electrons. The van der Waals surface area contributed by atoms with Gasteiger partial charge in [0.1, 0.15) is 6.54 Å². The molecule has 33 heavy (non-hydrogen) atoms. The molecular weight excluding hydrogens is 420 g/mol. The molecule has 0 spiro atoms. The van der Waals surface area contributed by atoms with Gasteiger partial charge in [0.2, 0.25) is 5.56 Å². The van der Waals surface area contributed by atoms with Crippen LogP contribution >= 0.6 is 0 Å². The fourth-order valence-electron chi connectivity index (χ4n) is 3.80. The highest BCUT2D eigenvalue weighted by atomic mass is 16.4. The molecule has 1 N–H and O–H groups in total. The number of ketones is 1. The molecule has 0 saturated heterocycles. The first-order chi connectivity index (χ1) is 15.7. The standard InChI is InChI=1S/C26H26N2O5/c1-17-6-4-5-7-21(17)22(14-23(29)20-12-13-24(30)27(2)15-20)18-8-10-19(11-9-18)26(33)28(3)16-25(31)32/h4-13,15,22H,14,16H2,1-3H3,(H,31,32). The van der Waals surface area contributed by atoms with E-state index in [1.54, 1.807) is 43.6 Å². The summed E-state index contributed by atoms with van der Waals surface area (Å²) in [6.07, 6.45) is 1.73. The largest absolute Gasteiger partial charge is 0.480 e. The normalized spacial score (nSPS) is 11.6. The third-order valence-electron chi connectivity index (χ3n) is 5.64. The second-order valence-electron chi connectivity index (χ2n) is 8.08. The number of amides is 1. The third kappa shape index (κ3) is 5.63. The van der Waals surface area contributed by atoms with Gasteiger partial charge in [-0.2, -0.15) is 0 Å². The summed E-state index contributed by atoms with van der Waals surface area (Å²) in [6, 6.07) is 17.6. The Labute approximate surface area is 191 Å². The highest BCUT2D eigenvalue weighted by Crippen LogP contribution is 2.32. The molecule has 7 nitrogen and oxygen atoms in total. The summed E-state index contributed by atoms with van der Waals surface area (Å²) in [4.78, 5) is 49.3. The smallest absolute Gasteiger partial charge is 0.323 e. The number of carbonyl (C=O) groups is 3. The van der Waals surface area contributed by atoms with Gasteiger partial charge in [0, 0.05) is 49.8 Å². The first-order valence-electron chi connectivity index (χ1n) is 10.5. The molecule has 0 aliphatic carbocycles. The zero-order chi connectivity index (χ0) is 24.1. The molecule has 0 saturated carbocycles. The molecule has 0 aliphatic rings. The molecule has 0 bridgehead atoms. The summed E-state index contributed by atoms with van der Waals surface area (Å²) >= 11 is 0. The van der Waals surface area contributed by atoms with Gasteiger partial charge in [-0.05, 0) is 41.8 Å². The number of carboxylic acids is 1. The van der Waals surface area contributed by atoms with Gasteiger partial charge in [0.05, 0.1) is 0 Å². The van der Waals surface area contributed by atoms with Crippen molar-refractivity contribution in [2.24, 2.45) is 7.05 Å². The molecule has 1 aromatic heterocycles. The Balaban J connectivity index is 1.93. The molecule has 2 aromatic carbocycles. The minimum absolute atomic E-state index is 0.0970.